The molecule has 0 radical (unpaired) electrons. The van der Waals surface area contributed by atoms with Gasteiger partial charge < -0.3 is 9.32 Å². The van der Waals surface area contributed by atoms with Crippen LogP contribution in [0, 0.1) is 20.8 Å². The third-order valence-corrected chi connectivity index (χ3v) is 4.45. The van der Waals surface area contributed by atoms with Gasteiger partial charge in [-0.3, -0.25) is 9.89 Å². The molecule has 5 nitrogen and oxygen atoms in total. The van der Waals surface area contributed by atoms with Crippen LogP contribution in [0.1, 0.15) is 39.5 Å². The zero-order valence-corrected chi connectivity index (χ0v) is 14.6. The molecule has 0 aliphatic rings. The van der Waals surface area contributed by atoms with Crippen LogP contribution in [0.3, 0.4) is 0 Å². The van der Waals surface area contributed by atoms with Crippen molar-refractivity contribution in [1.29, 1.82) is 0 Å². The Balaban J connectivity index is 1.68. The first kappa shape index (κ1) is 16.3. The monoisotopic (exact) mass is 325 g/mol. The Morgan fingerprint density at radius 2 is 2.08 bits per heavy atom. The van der Waals surface area contributed by atoms with Crippen molar-refractivity contribution in [3.63, 3.8) is 0 Å². The van der Waals surface area contributed by atoms with E-state index in [0.29, 0.717) is 17.7 Å². The van der Waals surface area contributed by atoms with E-state index in [1.165, 1.54) is 5.56 Å². The molecule has 0 spiro atoms. The van der Waals surface area contributed by atoms with Gasteiger partial charge in [0.1, 0.15) is 11.3 Å². The van der Waals surface area contributed by atoms with Gasteiger partial charge in [0.15, 0.2) is 0 Å². The summed E-state index contributed by atoms with van der Waals surface area (Å²) < 4.78 is 5.71. The van der Waals surface area contributed by atoms with Gasteiger partial charge in [-0.15, -0.1) is 0 Å². The standard InChI is InChI=1S/C19H23N3O2/c1-12-11-15-7-5-8-17(18(15)24-12)19(23)22(4)10-6-9-16-13(2)20-21-14(16)3/h5,7-8,11H,6,9-10H2,1-4H3,(H,20,21). The van der Waals surface area contributed by atoms with Crippen LogP contribution in [0.2, 0.25) is 0 Å². The van der Waals surface area contributed by atoms with Crippen molar-refractivity contribution < 1.29 is 9.21 Å². The number of benzene rings is 1. The van der Waals surface area contributed by atoms with Crippen LogP contribution in [-0.2, 0) is 6.42 Å². The van der Waals surface area contributed by atoms with Gasteiger partial charge in [0, 0.05) is 24.7 Å². The van der Waals surface area contributed by atoms with Crippen LogP contribution < -0.4 is 0 Å². The van der Waals surface area contributed by atoms with E-state index >= 15 is 0 Å². The number of hydrogen-bond donors (Lipinski definition) is 1. The fourth-order valence-corrected chi connectivity index (χ4v) is 3.10. The van der Waals surface area contributed by atoms with Gasteiger partial charge in [0.05, 0.1) is 11.3 Å². The number of H-pyrrole nitrogens is 1. The summed E-state index contributed by atoms with van der Waals surface area (Å²) >= 11 is 0. The summed E-state index contributed by atoms with van der Waals surface area (Å²) in [4.78, 5) is 14.5. The molecule has 0 bridgehead atoms. The maximum Gasteiger partial charge on any atom is 0.257 e. The van der Waals surface area contributed by atoms with Crippen LogP contribution in [0.5, 0.6) is 0 Å². The average molecular weight is 325 g/mol. The molecule has 5 heteroatoms. The zero-order valence-electron chi connectivity index (χ0n) is 14.6. The van der Waals surface area contributed by atoms with Gasteiger partial charge in [0.25, 0.3) is 5.91 Å². The highest BCUT2D eigenvalue weighted by Gasteiger charge is 2.17. The summed E-state index contributed by atoms with van der Waals surface area (Å²) in [7, 11) is 1.84. The minimum absolute atomic E-state index is 0.00409. The van der Waals surface area contributed by atoms with Gasteiger partial charge in [-0.05, 0) is 51.3 Å². The fraction of sp³-hybridized carbons (Fsp3) is 0.368. The van der Waals surface area contributed by atoms with Gasteiger partial charge in [-0.2, -0.15) is 5.10 Å². The molecule has 1 aromatic carbocycles. The molecular formula is C19H23N3O2. The van der Waals surface area contributed by atoms with Crippen LogP contribution in [0.25, 0.3) is 11.0 Å². The number of aromatic amines is 1. The third kappa shape index (κ3) is 3.07. The molecule has 126 valence electrons. The second-order valence-electron chi connectivity index (χ2n) is 6.32. The maximum atomic E-state index is 12.7. The predicted molar refractivity (Wildman–Crippen MR) is 94.3 cm³/mol. The van der Waals surface area contributed by atoms with Crippen LogP contribution in [0.4, 0.5) is 0 Å². The Bertz CT molecular complexity index is 856. The fourth-order valence-electron chi connectivity index (χ4n) is 3.10. The molecule has 0 saturated heterocycles. The largest absolute Gasteiger partial charge is 0.461 e. The smallest absolute Gasteiger partial charge is 0.257 e. The van der Waals surface area contributed by atoms with Crippen LogP contribution >= 0.6 is 0 Å². The highest BCUT2D eigenvalue weighted by molar-refractivity contribution is 6.04. The van der Waals surface area contributed by atoms with Crippen molar-refractivity contribution in [2.75, 3.05) is 13.6 Å². The molecule has 2 aromatic heterocycles. The van der Waals surface area contributed by atoms with Crippen LogP contribution in [-0.4, -0.2) is 34.6 Å². The molecule has 24 heavy (non-hydrogen) atoms. The van der Waals surface area contributed by atoms with Crippen molar-refractivity contribution in [2.45, 2.75) is 33.6 Å². The lowest BCUT2D eigenvalue weighted by Crippen LogP contribution is -2.28. The highest BCUT2D eigenvalue weighted by Crippen LogP contribution is 2.23. The quantitative estimate of drug-likeness (QED) is 0.776. The Labute approximate surface area is 141 Å². The number of hydrogen-bond acceptors (Lipinski definition) is 3. The van der Waals surface area contributed by atoms with Gasteiger partial charge >= 0.3 is 0 Å². The highest BCUT2D eigenvalue weighted by atomic mass is 16.3. The molecule has 0 fully saturated rings. The van der Waals surface area contributed by atoms with E-state index in [1.54, 1.807) is 4.90 Å². The Kier molecular flexibility index (Phi) is 4.42. The predicted octanol–water partition coefficient (Wildman–Crippen LogP) is 3.79. The molecule has 0 aliphatic heterocycles. The molecule has 0 unspecified atom stereocenters. The Morgan fingerprint density at radius 1 is 1.29 bits per heavy atom. The molecule has 2 heterocycles. The summed E-state index contributed by atoms with van der Waals surface area (Å²) in [6.45, 7) is 6.63. The first-order valence-electron chi connectivity index (χ1n) is 8.22. The van der Waals surface area contributed by atoms with E-state index < -0.39 is 0 Å². The lowest BCUT2D eigenvalue weighted by molar-refractivity contribution is 0.0794. The van der Waals surface area contributed by atoms with Gasteiger partial charge in [-0.1, -0.05) is 12.1 Å². The number of aryl methyl sites for hydroxylation is 3. The summed E-state index contributed by atoms with van der Waals surface area (Å²) in [5, 5.41) is 8.19. The van der Waals surface area contributed by atoms with Crippen molar-refractivity contribution >= 4 is 16.9 Å². The molecule has 0 atom stereocenters. The number of rotatable bonds is 5. The number of aromatic nitrogens is 2. The van der Waals surface area contributed by atoms with E-state index in [-0.39, 0.29) is 5.91 Å². The summed E-state index contributed by atoms with van der Waals surface area (Å²) in [6.07, 6.45) is 1.81. The number of nitrogens with one attached hydrogen (secondary N) is 1. The molecule has 0 saturated carbocycles. The topological polar surface area (TPSA) is 62.1 Å². The zero-order chi connectivity index (χ0) is 17.3. The van der Waals surface area contributed by atoms with Crippen molar-refractivity contribution in [2.24, 2.45) is 0 Å². The lowest BCUT2D eigenvalue weighted by Gasteiger charge is -2.17. The number of furan rings is 1. The Hall–Kier alpha value is -2.56. The number of fused-ring (bicyclic) bond motifs is 1. The van der Waals surface area contributed by atoms with E-state index in [0.717, 1.165) is 35.4 Å². The second-order valence-corrected chi connectivity index (χ2v) is 6.32. The van der Waals surface area contributed by atoms with E-state index in [1.807, 2.05) is 52.1 Å². The first-order chi connectivity index (χ1) is 11.5. The van der Waals surface area contributed by atoms with E-state index in [2.05, 4.69) is 10.2 Å². The van der Waals surface area contributed by atoms with Gasteiger partial charge in [-0.25, -0.2) is 0 Å². The maximum absolute atomic E-state index is 12.7. The SMILES string of the molecule is Cc1cc2cccc(C(=O)N(C)CCCc3c(C)n[nH]c3C)c2o1. The minimum atomic E-state index is -0.00409. The number of nitrogens with zero attached hydrogens (tertiary/aromatic N) is 2. The number of carbonyl (C=O) groups excluding carboxylic acids is 1. The summed E-state index contributed by atoms with van der Waals surface area (Å²) in [6, 6.07) is 7.65. The molecule has 3 rings (SSSR count). The van der Waals surface area contributed by atoms with Crippen molar-refractivity contribution in [1.82, 2.24) is 15.1 Å². The lowest BCUT2D eigenvalue weighted by atomic mass is 10.1. The van der Waals surface area contributed by atoms with Crippen molar-refractivity contribution in [3.8, 4) is 0 Å². The van der Waals surface area contributed by atoms with Crippen molar-refractivity contribution in [3.05, 3.63) is 52.5 Å². The minimum Gasteiger partial charge on any atom is -0.461 e. The molecular weight excluding hydrogens is 302 g/mol. The summed E-state index contributed by atoms with van der Waals surface area (Å²) in [5.41, 5.74) is 4.70. The third-order valence-electron chi connectivity index (χ3n) is 4.45. The molecule has 1 N–H and O–H groups in total. The number of amides is 1. The van der Waals surface area contributed by atoms with Gasteiger partial charge in [0.2, 0.25) is 0 Å². The molecule has 0 aliphatic carbocycles. The molecule has 3 aromatic rings. The molecule has 1 amide bonds. The second kappa shape index (κ2) is 6.51. The first-order valence-corrected chi connectivity index (χ1v) is 8.22. The van der Waals surface area contributed by atoms with E-state index in [4.69, 9.17) is 4.42 Å². The average Bonchev–Trinajstić information content (AvgIpc) is 3.09. The normalized spacial score (nSPS) is 11.2. The number of para-hydroxylation sites is 1. The van der Waals surface area contributed by atoms with Crippen LogP contribution in [0.15, 0.2) is 28.7 Å². The number of carbonyl (C=O) groups is 1. The Morgan fingerprint density at radius 3 is 2.79 bits per heavy atom. The summed E-state index contributed by atoms with van der Waals surface area (Å²) in [5.74, 6) is 0.814. The van der Waals surface area contributed by atoms with E-state index in [9.17, 15) is 4.79 Å².